The van der Waals surface area contributed by atoms with Gasteiger partial charge < -0.3 is 15.2 Å². The van der Waals surface area contributed by atoms with Crippen molar-refractivity contribution in [3.8, 4) is 0 Å². The summed E-state index contributed by atoms with van der Waals surface area (Å²) < 4.78 is 10.9. The van der Waals surface area contributed by atoms with Crippen molar-refractivity contribution in [2.45, 2.75) is 50.9 Å². The van der Waals surface area contributed by atoms with E-state index in [1.165, 1.54) is 6.42 Å². The van der Waals surface area contributed by atoms with Gasteiger partial charge in [-0.3, -0.25) is 0 Å². The van der Waals surface area contributed by atoms with Crippen LogP contribution in [0.5, 0.6) is 0 Å². The molecule has 1 saturated carbocycles. The molecular formula is C10H21NO2. The zero-order valence-corrected chi connectivity index (χ0v) is 8.88. The molecule has 1 rings (SSSR count). The van der Waals surface area contributed by atoms with Crippen molar-refractivity contribution >= 4 is 0 Å². The molecule has 1 atom stereocenters. The second-order valence-corrected chi connectivity index (χ2v) is 4.11. The van der Waals surface area contributed by atoms with Crippen LogP contribution in [-0.4, -0.2) is 31.5 Å². The van der Waals surface area contributed by atoms with Crippen LogP contribution in [0.4, 0.5) is 0 Å². The fourth-order valence-corrected chi connectivity index (χ4v) is 1.70. The first-order chi connectivity index (χ1) is 6.10. The Kier molecular flexibility index (Phi) is 3.71. The van der Waals surface area contributed by atoms with Gasteiger partial charge in [0.05, 0.1) is 24.4 Å². The van der Waals surface area contributed by atoms with E-state index >= 15 is 0 Å². The van der Waals surface area contributed by atoms with Crippen LogP contribution in [0.15, 0.2) is 0 Å². The zero-order chi connectivity index (χ0) is 9.90. The Morgan fingerprint density at radius 2 is 2.00 bits per heavy atom. The first-order valence-electron chi connectivity index (χ1n) is 5.03. The zero-order valence-electron chi connectivity index (χ0n) is 8.88. The van der Waals surface area contributed by atoms with E-state index in [0.717, 1.165) is 12.8 Å². The van der Waals surface area contributed by atoms with Gasteiger partial charge in [-0.15, -0.1) is 0 Å². The topological polar surface area (TPSA) is 44.5 Å². The van der Waals surface area contributed by atoms with Crippen LogP contribution in [-0.2, 0) is 9.47 Å². The molecule has 78 valence electrons. The molecule has 1 aliphatic rings. The van der Waals surface area contributed by atoms with Crippen molar-refractivity contribution in [2.24, 2.45) is 5.73 Å². The number of nitrogens with two attached hydrogens (primary N) is 1. The lowest BCUT2D eigenvalue weighted by atomic mass is 9.75. The highest BCUT2D eigenvalue weighted by Crippen LogP contribution is 2.37. The maximum Gasteiger partial charge on any atom is 0.0851 e. The molecule has 1 aliphatic carbocycles. The monoisotopic (exact) mass is 187 g/mol. The molecule has 1 unspecified atom stereocenters. The van der Waals surface area contributed by atoms with Crippen molar-refractivity contribution in [1.29, 1.82) is 0 Å². The summed E-state index contributed by atoms with van der Waals surface area (Å²) in [6.07, 6.45) is 3.63. The highest BCUT2D eigenvalue weighted by Gasteiger charge is 2.42. The maximum atomic E-state index is 6.02. The van der Waals surface area contributed by atoms with Gasteiger partial charge in [0.2, 0.25) is 0 Å². The molecule has 2 N–H and O–H groups in total. The van der Waals surface area contributed by atoms with E-state index in [4.69, 9.17) is 15.2 Å². The summed E-state index contributed by atoms with van der Waals surface area (Å²) in [5, 5.41) is 0. The van der Waals surface area contributed by atoms with Gasteiger partial charge in [-0.05, 0) is 33.1 Å². The summed E-state index contributed by atoms with van der Waals surface area (Å²) in [6.45, 7) is 4.64. The van der Waals surface area contributed by atoms with Crippen LogP contribution in [0.1, 0.15) is 33.1 Å². The summed E-state index contributed by atoms with van der Waals surface area (Å²) in [7, 11) is 1.74. The van der Waals surface area contributed by atoms with Gasteiger partial charge in [0.1, 0.15) is 0 Å². The van der Waals surface area contributed by atoms with Crippen molar-refractivity contribution in [2.75, 3.05) is 13.7 Å². The lowest BCUT2D eigenvalue weighted by Gasteiger charge is -2.44. The fourth-order valence-electron chi connectivity index (χ4n) is 1.70. The SMILES string of the molecule is COC1(C(N)COC(C)C)CCC1. The number of methoxy groups -OCH3 is 1. The Bertz CT molecular complexity index is 149. The van der Waals surface area contributed by atoms with Gasteiger partial charge in [-0.1, -0.05) is 0 Å². The maximum absolute atomic E-state index is 6.02. The van der Waals surface area contributed by atoms with E-state index in [9.17, 15) is 0 Å². The molecule has 13 heavy (non-hydrogen) atoms. The number of hydrogen-bond donors (Lipinski definition) is 1. The van der Waals surface area contributed by atoms with Crippen LogP contribution < -0.4 is 5.73 Å². The number of hydrogen-bond acceptors (Lipinski definition) is 3. The Hall–Kier alpha value is -0.120. The first-order valence-corrected chi connectivity index (χ1v) is 5.03. The van der Waals surface area contributed by atoms with Gasteiger partial charge >= 0.3 is 0 Å². The van der Waals surface area contributed by atoms with E-state index in [-0.39, 0.29) is 17.7 Å². The van der Waals surface area contributed by atoms with Crippen LogP contribution in [0, 0.1) is 0 Å². The minimum Gasteiger partial charge on any atom is -0.377 e. The van der Waals surface area contributed by atoms with Crippen LogP contribution >= 0.6 is 0 Å². The van der Waals surface area contributed by atoms with E-state index in [0.29, 0.717) is 6.61 Å². The normalized spacial score (nSPS) is 22.8. The molecule has 0 aliphatic heterocycles. The molecule has 0 amide bonds. The van der Waals surface area contributed by atoms with Crippen molar-refractivity contribution < 1.29 is 9.47 Å². The fraction of sp³-hybridized carbons (Fsp3) is 1.00. The third-order valence-corrected chi connectivity index (χ3v) is 2.89. The molecule has 0 heterocycles. The molecule has 0 saturated heterocycles. The Balaban J connectivity index is 2.32. The molecule has 0 spiro atoms. The van der Waals surface area contributed by atoms with Gasteiger partial charge in [-0.2, -0.15) is 0 Å². The Labute approximate surface area is 80.6 Å². The molecule has 0 aromatic rings. The lowest BCUT2D eigenvalue weighted by molar-refractivity contribution is -0.109. The molecule has 0 bridgehead atoms. The van der Waals surface area contributed by atoms with Crippen molar-refractivity contribution in [3.63, 3.8) is 0 Å². The number of rotatable bonds is 5. The molecule has 1 fully saturated rings. The predicted octanol–water partition coefficient (Wildman–Crippen LogP) is 1.31. The third-order valence-electron chi connectivity index (χ3n) is 2.89. The van der Waals surface area contributed by atoms with Crippen molar-refractivity contribution in [1.82, 2.24) is 0 Å². The average molecular weight is 187 g/mol. The minimum absolute atomic E-state index is 0.0219. The van der Waals surface area contributed by atoms with E-state index in [1.807, 2.05) is 13.8 Å². The van der Waals surface area contributed by atoms with E-state index < -0.39 is 0 Å². The number of ether oxygens (including phenoxy) is 2. The highest BCUT2D eigenvalue weighted by molar-refractivity contribution is 4.98. The smallest absolute Gasteiger partial charge is 0.0851 e. The summed E-state index contributed by atoms with van der Waals surface area (Å²) in [5.74, 6) is 0. The Morgan fingerprint density at radius 1 is 1.38 bits per heavy atom. The summed E-state index contributed by atoms with van der Waals surface area (Å²) >= 11 is 0. The van der Waals surface area contributed by atoms with Gasteiger partial charge in [0, 0.05) is 7.11 Å². The largest absolute Gasteiger partial charge is 0.377 e. The third kappa shape index (κ3) is 2.42. The Morgan fingerprint density at radius 3 is 2.31 bits per heavy atom. The summed E-state index contributed by atoms with van der Waals surface area (Å²) in [6, 6.07) is 0.0219. The molecule has 3 heteroatoms. The molecule has 0 aromatic carbocycles. The summed E-state index contributed by atoms with van der Waals surface area (Å²) in [5.41, 5.74) is 5.93. The second-order valence-electron chi connectivity index (χ2n) is 4.11. The van der Waals surface area contributed by atoms with Gasteiger partial charge in [-0.25, -0.2) is 0 Å². The molecule has 0 radical (unpaired) electrons. The van der Waals surface area contributed by atoms with Crippen LogP contribution in [0.3, 0.4) is 0 Å². The second kappa shape index (κ2) is 4.40. The van der Waals surface area contributed by atoms with Gasteiger partial charge in [0.25, 0.3) is 0 Å². The van der Waals surface area contributed by atoms with E-state index in [2.05, 4.69) is 0 Å². The standard InChI is InChI=1S/C10H21NO2/c1-8(2)13-7-9(11)10(12-3)5-4-6-10/h8-9H,4-7,11H2,1-3H3. The minimum atomic E-state index is -0.0884. The lowest BCUT2D eigenvalue weighted by Crippen LogP contribution is -2.56. The van der Waals surface area contributed by atoms with Gasteiger partial charge in [0.15, 0.2) is 0 Å². The van der Waals surface area contributed by atoms with Crippen LogP contribution in [0.2, 0.25) is 0 Å². The van der Waals surface area contributed by atoms with Crippen LogP contribution in [0.25, 0.3) is 0 Å². The molecule has 0 aromatic heterocycles. The predicted molar refractivity (Wildman–Crippen MR) is 52.7 cm³/mol. The molecule has 3 nitrogen and oxygen atoms in total. The first kappa shape index (κ1) is 11.0. The highest BCUT2D eigenvalue weighted by atomic mass is 16.5. The average Bonchev–Trinajstić information content (AvgIpc) is 2.00. The van der Waals surface area contributed by atoms with E-state index in [1.54, 1.807) is 7.11 Å². The molecular weight excluding hydrogens is 166 g/mol. The van der Waals surface area contributed by atoms with Crippen molar-refractivity contribution in [3.05, 3.63) is 0 Å². The quantitative estimate of drug-likeness (QED) is 0.705. The summed E-state index contributed by atoms with van der Waals surface area (Å²) in [4.78, 5) is 0.